The standard InChI is InChI=1S/C12H20O3/c1-2-3-11(13)14-9-15-12-6-4-10(8-12)5-7-12/h10H,2-9H2,1H3. The molecule has 0 amide bonds. The second-order valence-electron chi connectivity index (χ2n) is 4.86. The van der Waals surface area contributed by atoms with Crippen LogP contribution in [0.25, 0.3) is 0 Å². The molecule has 0 spiro atoms. The zero-order valence-corrected chi connectivity index (χ0v) is 9.46. The molecule has 86 valence electrons. The predicted octanol–water partition coefficient (Wildman–Crippen LogP) is 2.64. The van der Waals surface area contributed by atoms with Gasteiger partial charge in [0.05, 0.1) is 5.60 Å². The third-order valence-corrected chi connectivity index (χ3v) is 3.72. The zero-order chi connectivity index (χ0) is 10.7. The lowest BCUT2D eigenvalue weighted by Crippen LogP contribution is -2.28. The van der Waals surface area contributed by atoms with Crippen molar-refractivity contribution in [3.05, 3.63) is 0 Å². The highest BCUT2D eigenvalue weighted by atomic mass is 16.7. The fourth-order valence-electron chi connectivity index (χ4n) is 2.84. The molecular formula is C12H20O3. The SMILES string of the molecule is CCCC(=O)OCOC12CCC(CC1)C2. The molecule has 2 aliphatic rings. The number of ether oxygens (including phenoxy) is 2. The molecule has 2 bridgehead atoms. The van der Waals surface area contributed by atoms with Crippen LogP contribution in [0.3, 0.4) is 0 Å². The minimum absolute atomic E-state index is 0.0666. The molecule has 0 atom stereocenters. The highest BCUT2D eigenvalue weighted by Crippen LogP contribution is 2.49. The van der Waals surface area contributed by atoms with Crippen LogP contribution < -0.4 is 0 Å². The number of rotatable bonds is 5. The van der Waals surface area contributed by atoms with E-state index in [1.165, 1.54) is 19.3 Å². The molecule has 15 heavy (non-hydrogen) atoms. The Morgan fingerprint density at radius 2 is 2.13 bits per heavy atom. The van der Waals surface area contributed by atoms with E-state index in [-0.39, 0.29) is 18.4 Å². The molecule has 0 N–H and O–H groups in total. The van der Waals surface area contributed by atoms with E-state index in [1.54, 1.807) is 0 Å². The lowest BCUT2D eigenvalue weighted by atomic mass is 9.97. The quantitative estimate of drug-likeness (QED) is 0.519. The highest BCUT2D eigenvalue weighted by molar-refractivity contribution is 5.69. The fourth-order valence-corrected chi connectivity index (χ4v) is 2.84. The van der Waals surface area contributed by atoms with Crippen molar-refractivity contribution >= 4 is 5.97 Å². The molecule has 0 saturated heterocycles. The second kappa shape index (κ2) is 4.52. The Labute approximate surface area is 91.1 Å². The van der Waals surface area contributed by atoms with E-state index in [4.69, 9.17) is 9.47 Å². The lowest BCUT2D eigenvalue weighted by molar-refractivity contribution is -0.172. The first-order chi connectivity index (χ1) is 7.24. The molecule has 0 unspecified atom stereocenters. The van der Waals surface area contributed by atoms with Gasteiger partial charge in [-0.2, -0.15) is 0 Å². The van der Waals surface area contributed by atoms with Crippen LogP contribution in [0.15, 0.2) is 0 Å². The summed E-state index contributed by atoms with van der Waals surface area (Å²) in [5, 5.41) is 0. The minimum atomic E-state index is -0.138. The van der Waals surface area contributed by atoms with Crippen molar-refractivity contribution in [2.24, 2.45) is 5.92 Å². The van der Waals surface area contributed by atoms with Gasteiger partial charge >= 0.3 is 5.97 Å². The third-order valence-electron chi connectivity index (χ3n) is 3.72. The van der Waals surface area contributed by atoms with Crippen molar-refractivity contribution in [3.63, 3.8) is 0 Å². The fraction of sp³-hybridized carbons (Fsp3) is 0.917. The molecule has 0 aromatic heterocycles. The van der Waals surface area contributed by atoms with Crippen LogP contribution in [0.4, 0.5) is 0 Å². The van der Waals surface area contributed by atoms with Gasteiger partial charge in [-0.1, -0.05) is 6.92 Å². The average molecular weight is 212 g/mol. The Morgan fingerprint density at radius 1 is 1.40 bits per heavy atom. The van der Waals surface area contributed by atoms with Crippen molar-refractivity contribution in [3.8, 4) is 0 Å². The predicted molar refractivity (Wildman–Crippen MR) is 56.3 cm³/mol. The molecule has 3 nitrogen and oxygen atoms in total. The lowest BCUT2D eigenvalue weighted by Gasteiger charge is -2.26. The van der Waals surface area contributed by atoms with E-state index in [2.05, 4.69) is 0 Å². The van der Waals surface area contributed by atoms with E-state index >= 15 is 0 Å². The van der Waals surface area contributed by atoms with Crippen LogP contribution in [0.2, 0.25) is 0 Å². The molecule has 2 saturated carbocycles. The number of hydrogen-bond donors (Lipinski definition) is 0. The Kier molecular flexibility index (Phi) is 3.29. The normalized spacial score (nSPS) is 33.3. The van der Waals surface area contributed by atoms with Gasteiger partial charge in [0, 0.05) is 6.42 Å². The number of fused-ring (bicyclic) bond motifs is 2. The first-order valence-corrected chi connectivity index (χ1v) is 6.04. The maximum Gasteiger partial charge on any atom is 0.307 e. The van der Waals surface area contributed by atoms with Gasteiger partial charge in [-0.3, -0.25) is 4.79 Å². The van der Waals surface area contributed by atoms with Gasteiger partial charge < -0.3 is 9.47 Å². The van der Waals surface area contributed by atoms with Crippen molar-refractivity contribution < 1.29 is 14.3 Å². The summed E-state index contributed by atoms with van der Waals surface area (Å²) >= 11 is 0. The smallest absolute Gasteiger partial charge is 0.307 e. The average Bonchev–Trinajstić information content (AvgIpc) is 2.78. The first-order valence-electron chi connectivity index (χ1n) is 6.04. The van der Waals surface area contributed by atoms with Crippen molar-refractivity contribution in [2.75, 3.05) is 6.79 Å². The van der Waals surface area contributed by atoms with Crippen LogP contribution in [0.1, 0.15) is 51.9 Å². The molecule has 0 aromatic rings. The summed E-state index contributed by atoms with van der Waals surface area (Å²) in [7, 11) is 0. The Balaban J connectivity index is 1.67. The molecule has 0 aromatic carbocycles. The summed E-state index contributed by atoms with van der Waals surface area (Å²) in [4.78, 5) is 11.1. The van der Waals surface area contributed by atoms with Gasteiger partial charge in [0.15, 0.2) is 6.79 Å². The summed E-state index contributed by atoms with van der Waals surface area (Å²) < 4.78 is 10.8. The van der Waals surface area contributed by atoms with Gasteiger partial charge in [-0.05, 0) is 44.4 Å². The Hall–Kier alpha value is -0.570. The minimum Gasteiger partial charge on any atom is -0.438 e. The number of hydrogen-bond acceptors (Lipinski definition) is 3. The molecule has 0 radical (unpaired) electrons. The van der Waals surface area contributed by atoms with Crippen LogP contribution in [0.5, 0.6) is 0 Å². The molecular weight excluding hydrogens is 192 g/mol. The summed E-state index contributed by atoms with van der Waals surface area (Å²) in [6, 6.07) is 0. The van der Waals surface area contributed by atoms with E-state index in [1.807, 2.05) is 6.92 Å². The van der Waals surface area contributed by atoms with Crippen molar-refractivity contribution in [1.29, 1.82) is 0 Å². The third kappa shape index (κ3) is 2.51. The topological polar surface area (TPSA) is 35.5 Å². The van der Waals surface area contributed by atoms with Crippen LogP contribution in [-0.4, -0.2) is 18.4 Å². The summed E-state index contributed by atoms with van der Waals surface area (Å²) in [5.41, 5.74) is 0.0666. The van der Waals surface area contributed by atoms with Crippen LogP contribution in [-0.2, 0) is 14.3 Å². The van der Waals surface area contributed by atoms with Gasteiger partial charge in [-0.15, -0.1) is 0 Å². The maximum atomic E-state index is 11.1. The van der Waals surface area contributed by atoms with E-state index < -0.39 is 0 Å². The highest BCUT2D eigenvalue weighted by Gasteiger charge is 2.45. The molecule has 2 rings (SSSR count). The van der Waals surface area contributed by atoms with Crippen molar-refractivity contribution in [2.45, 2.75) is 57.5 Å². The summed E-state index contributed by atoms with van der Waals surface area (Å²) in [6.07, 6.45) is 7.42. The van der Waals surface area contributed by atoms with Crippen LogP contribution in [0, 0.1) is 5.92 Å². The zero-order valence-electron chi connectivity index (χ0n) is 9.46. The van der Waals surface area contributed by atoms with Gasteiger partial charge in [0.2, 0.25) is 0 Å². The molecule has 0 aliphatic heterocycles. The number of carbonyl (C=O) groups is 1. The van der Waals surface area contributed by atoms with E-state index in [0.717, 1.165) is 25.2 Å². The number of esters is 1. The molecule has 3 heteroatoms. The Morgan fingerprint density at radius 3 is 2.67 bits per heavy atom. The molecule has 2 aliphatic carbocycles. The first kappa shape index (κ1) is 10.9. The summed E-state index contributed by atoms with van der Waals surface area (Å²) in [5.74, 6) is 0.734. The van der Waals surface area contributed by atoms with Crippen molar-refractivity contribution in [1.82, 2.24) is 0 Å². The van der Waals surface area contributed by atoms with Gasteiger partial charge in [-0.25, -0.2) is 0 Å². The number of carbonyl (C=O) groups excluding carboxylic acids is 1. The van der Waals surface area contributed by atoms with E-state index in [0.29, 0.717) is 6.42 Å². The maximum absolute atomic E-state index is 11.1. The largest absolute Gasteiger partial charge is 0.438 e. The monoisotopic (exact) mass is 212 g/mol. The molecule has 0 heterocycles. The van der Waals surface area contributed by atoms with E-state index in [9.17, 15) is 4.79 Å². The van der Waals surface area contributed by atoms with Gasteiger partial charge in [0.25, 0.3) is 0 Å². The summed E-state index contributed by atoms with van der Waals surface area (Å²) in [6.45, 7) is 2.13. The molecule has 2 fully saturated rings. The second-order valence-corrected chi connectivity index (χ2v) is 4.86. The van der Waals surface area contributed by atoms with Crippen LogP contribution >= 0.6 is 0 Å². The Bertz CT molecular complexity index is 229. The van der Waals surface area contributed by atoms with Gasteiger partial charge in [0.1, 0.15) is 0 Å².